The van der Waals surface area contributed by atoms with Crippen molar-refractivity contribution >= 4 is 17.3 Å². The normalized spacial score (nSPS) is 14.5. The molecule has 1 fully saturated rings. The molecule has 0 aromatic heterocycles. The second kappa shape index (κ2) is 7.08. The maximum atomic E-state index is 12.3. The molecule has 1 aliphatic rings. The molecule has 0 atom stereocenters. The Bertz CT molecular complexity index is 558. The maximum absolute atomic E-state index is 12.3. The van der Waals surface area contributed by atoms with Crippen LogP contribution in [0.4, 0.5) is 11.4 Å². The van der Waals surface area contributed by atoms with Gasteiger partial charge >= 0.3 is 0 Å². The third-order valence-corrected chi connectivity index (χ3v) is 3.63. The molecular weight excluding hydrogens is 288 g/mol. The van der Waals surface area contributed by atoms with Crippen LogP contribution in [-0.2, 0) is 4.79 Å². The van der Waals surface area contributed by atoms with Crippen LogP contribution >= 0.6 is 0 Å². The topological polar surface area (TPSA) is 88.0 Å². The van der Waals surface area contributed by atoms with E-state index in [0.29, 0.717) is 24.5 Å². The molecule has 1 saturated heterocycles. The number of anilines is 1. The number of carbonyl (C=O) groups is 1. The van der Waals surface area contributed by atoms with Crippen molar-refractivity contribution in [1.82, 2.24) is 10.2 Å². The number of nitrogens with one attached hydrogen (secondary N) is 1. The van der Waals surface area contributed by atoms with E-state index in [-0.39, 0.29) is 18.1 Å². The van der Waals surface area contributed by atoms with Crippen LogP contribution in [0.1, 0.15) is 0 Å². The van der Waals surface area contributed by atoms with Gasteiger partial charge in [-0.25, -0.2) is 0 Å². The molecule has 8 heteroatoms. The van der Waals surface area contributed by atoms with Crippen molar-refractivity contribution < 1.29 is 14.5 Å². The van der Waals surface area contributed by atoms with E-state index < -0.39 is 4.92 Å². The fourth-order valence-corrected chi connectivity index (χ4v) is 2.39. The first kappa shape index (κ1) is 16.0. The Morgan fingerprint density at radius 2 is 2.14 bits per heavy atom. The van der Waals surface area contributed by atoms with Gasteiger partial charge in [0.15, 0.2) is 0 Å². The maximum Gasteiger partial charge on any atom is 0.292 e. The Morgan fingerprint density at radius 3 is 2.73 bits per heavy atom. The number of hydrogen-bond donors (Lipinski definition) is 1. The monoisotopic (exact) mass is 308 g/mol. The second-order valence-corrected chi connectivity index (χ2v) is 5.10. The summed E-state index contributed by atoms with van der Waals surface area (Å²) < 4.78 is 5.11. The molecule has 0 spiro atoms. The van der Waals surface area contributed by atoms with Crippen LogP contribution in [0.15, 0.2) is 18.2 Å². The molecule has 0 saturated carbocycles. The van der Waals surface area contributed by atoms with Gasteiger partial charge in [0, 0.05) is 45.4 Å². The number of carbonyl (C=O) groups excluding carboxylic acids is 1. The smallest absolute Gasteiger partial charge is 0.292 e. The van der Waals surface area contributed by atoms with E-state index in [1.807, 2.05) is 0 Å². The minimum atomic E-state index is -0.458. The molecule has 2 rings (SSSR count). The molecule has 1 N–H and O–H groups in total. The Morgan fingerprint density at radius 1 is 1.45 bits per heavy atom. The number of nitro benzene ring substituents is 1. The van der Waals surface area contributed by atoms with Gasteiger partial charge in [0.25, 0.3) is 5.69 Å². The lowest BCUT2D eigenvalue weighted by molar-refractivity contribution is -0.384. The van der Waals surface area contributed by atoms with Crippen molar-refractivity contribution in [3.8, 4) is 5.75 Å². The zero-order valence-electron chi connectivity index (χ0n) is 12.7. The van der Waals surface area contributed by atoms with Crippen LogP contribution in [0, 0.1) is 10.1 Å². The van der Waals surface area contributed by atoms with Gasteiger partial charge in [0.2, 0.25) is 5.91 Å². The summed E-state index contributed by atoms with van der Waals surface area (Å²) >= 11 is 0. The average molecular weight is 308 g/mol. The summed E-state index contributed by atoms with van der Waals surface area (Å²) in [5.41, 5.74) is 0.323. The molecule has 120 valence electrons. The summed E-state index contributed by atoms with van der Waals surface area (Å²) in [4.78, 5) is 26.3. The van der Waals surface area contributed by atoms with Crippen molar-refractivity contribution in [2.24, 2.45) is 0 Å². The third kappa shape index (κ3) is 3.64. The number of benzene rings is 1. The Kier molecular flexibility index (Phi) is 5.16. The first-order chi connectivity index (χ1) is 10.5. The van der Waals surface area contributed by atoms with Crippen molar-refractivity contribution in [3.05, 3.63) is 28.3 Å². The number of nitrogens with zero attached hydrogens (tertiary/aromatic N) is 3. The van der Waals surface area contributed by atoms with Crippen molar-refractivity contribution in [3.63, 3.8) is 0 Å². The molecule has 0 aliphatic carbocycles. The highest BCUT2D eigenvalue weighted by molar-refractivity contribution is 5.82. The summed E-state index contributed by atoms with van der Waals surface area (Å²) in [6, 6.07) is 4.50. The molecule has 0 unspecified atom stereocenters. The van der Waals surface area contributed by atoms with Crippen LogP contribution in [-0.4, -0.2) is 62.6 Å². The fourth-order valence-electron chi connectivity index (χ4n) is 2.39. The zero-order chi connectivity index (χ0) is 16.1. The van der Waals surface area contributed by atoms with Gasteiger partial charge in [-0.1, -0.05) is 0 Å². The van der Waals surface area contributed by atoms with Gasteiger partial charge in [0.05, 0.1) is 18.6 Å². The molecule has 22 heavy (non-hydrogen) atoms. The van der Waals surface area contributed by atoms with Crippen molar-refractivity contribution in [2.75, 3.05) is 51.8 Å². The number of rotatable bonds is 5. The van der Waals surface area contributed by atoms with Crippen LogP contribution < -0.4 is 15.0 Å². The van der Waals surface area contributed by atoms with Gasteiger partial charge in [-0.2, -0.15) is 0 Å². The molecule has 1 aromatic rings. The number of likely N-dealkylation sites (N-methyl/N-ethyl adjacent to an activating group) is 1. The summed E-state index contributed by atoms with van der Waals surface area (Å²) in [5, 5.41) is 14.3. The molecular formula is C14H20N4O4. The van der Waals surface area contributed by atoms with Crippen molar-refractivity contribution in [1.29, 1.82) is 0 Å². The molecule has 0 bridgehead atoms. The lowest BCUT2D eigenvalue weighted by atomic mass is 10.2. The van der Waals surface area contributed by atoms with E-state index in [4.69, 9.17) is 4.74 Å². The van der Waals surface area contributed by atoms with Gasteiger partial charge in [0.1, 0.15) is 11.4 Å². The predicted octanol–water partition coefficient (Wildman–Crippen LogP) is 0.471. The van der Waals surface area contributed by atoms with Gasteiger partial charge < -0.3 is 19.9 Å². The SMILES string of the molecule is COc1ccc([N+](=O)[O-])c(N(C)CC(=O)N2CCNCC2)c1. The number of nitro groups is 1. The largest absolute Gasteiger partial charge is 0.497 e. The first-order valence-electron chi connectivity index (χ1n) is 7.05. The summed E-state index contributed by atoms with van der Waals surface area (Å²) in [6.45, 7) is 2.96. The number of amides is 1. The summed E-state index contributed by atoms with van der Waals surface area (Å²) in [7, 11) is 3.17. The lowest BCUT2D eigenvalue weighted by Gasteiger charge is -2.29. The first-order valence-corrected chi connectivity index (χ1v) is 7.05. The summed E-state index contributed by atoms with van der Waals surface area (Å²) in [6.07, 6.45) is 0. The molecule has 8 nitrogen and oxygen atoms in total. The Balaban J connectivity index is 2.15. The highest BCUT2D eigenvalue weighted by Crippen LogP contribution is 2.31. The van der Waals surface area contributed by atoms with E-state index in [1.165, 1.54) is 19.2 Å². The second-order valence-electron chi connectivity index (χ2n) is 5.10. The molecule has 1 aromatic carbocycles. The quantitative estimate of drug-likeness (QED) is 0.628. The van der Waals surface area contributed by atoms with Crippen LogP contribution in [0.2, 0.25) is 0 Å². The minimum absolute atomic E-state index is 0.0406. The molecule has 1 amide bonds. The number of piperazine rings is 1. The standard InChI is InChI=1S/C14H20N4O4/c1-16(10-14(19)17-7-5-15-6-8-17)13-9-11(22-2)3-4-12(13)18(20)21/h3-4,9,15H,5-8,10H2,1-2H3. The Hall–Kier alpha value is -2.35. The van der Waals surface area contributed by atoms with Crippen molar-refractivity contribution in [2.45, 2.75) is 0 Å². The van der Waals surface area contributed by atoms with E-state index in [2.05, 4.69) is 5.32 Å². The molecule has 1 heterocycles. The molecule has 1 aliphatic heterocycles. The summed E-state index contributed by atoms with van der Waals surface area (Å²) in [5.74, 6) is 0.475. The number of methoxy groups -OCH3 is 1. The van der Waals surface area contributed by atoms with E-state index in [0.717, 1.165) is 13.1 Å². The highest BCUT2D eigenvalue weighted by Gasteiger charge is 2.22. The van der Waals surface area contributed by atoms with Crippen LogP contribution in [0.25, 0.3) is 0 Å². The average Bonchev–Trinajstić information content (AvgIpc) is 2.54. The lowest BCUT2D eigenvalue weighted by Crippen LogP contribution is -2.49. The van der Waals surface area contributed by atoms with Crippen LogP contribution in [0.5, 0.6) is 5.75 Å². The predicted molar refractivity (Wildman–Crippen MR) is 82.4 cm³/mol. The van der Waals surface area contributed by atoms with E-state index >= 15 is 0 Å². The van der Waals surface area contributed by atoms with Gasteiger partial charge in [-0.05, 0) is 6.07 Å². The zero-order valence-corrected chi connectivity index (χ0v) is 12.7. The van der Waals surface area contributed by atoms with E-state index in [1.54, 1.807) is 22.9 Å². The van der Waals surface area contributed by atoms with Gasteiger partial charge in [-0.15, -0.1) is 0 Å². The van der Waals surface area contributed by atoms with E-state index in [9.17, 15) is 14.9 Å². The van der Waals surface area contributed by atoms with Gasteiger partial charge in [-0.3, -0.25) is 14.9 Å². The fraction of sp³-hybridized carbons (Fsp3) is 0.500. The van der Waals surface area contributed by atoms with Crippen LogP contribution in [0.3, 0.4) is 0 Å². The number of ether oxygens (including phenoxy) is 1. The number of hydrogen-bond acceptors (Lipinski definition) is 6. The minimum Gasteiger partial charge on any atom is -0.497 e. The third-order valence-electron chi connectivity index (χ3n) is 3.63. The molecule has 0 radical (unpaired) electrons. The Labute approximate surface area is 128 Å². The highest BCUT2D eigenvalue weighted by atomic mass is 16.6.